The van der Waals surface area contributed by atoms with Crippen molar-refractivity contribution in [3.8, 4) is 0 Å². The molecule has 0 bridgehead atoms. The number of aromatic nitrogens is 2. The van der Waals surface area contributed by atoms with Gasteiger partial charge >= 0.3 is 22.8 Å². The maximum atomic E-state index is 13.1. The van der Waals surface area contributed by atoms with Crippen molar-refractivity contribution in [2.24, 2.45) is 0 Å². The van der Waals surface area contributed by atoms with Crippen LogP contribution in [0.15, 0.2) is 47.4 Å². The summed E-state index contributed by atoms with van der Waals surface area (Å²) in [5, 5.41) is 14.6. The number of hydrogen-bond acceptors (Lipinski definition) is 8. The standard InChI is InChI=1S/C27H43N3O6Si2/c1-17(2)37(18(3)4)33-16-22-25(35-38(36-37,19(5)6)20(7)8)24(31)26(34-22)30-15-14-23(29-27(30)32)28-21-12-10-9-11-13-21/h9-15,17-20,22,24-26,31H,16H2,1-8H3,(H,28,29,32)/t22-,24?,25-,26+/m0/s1. The van der Waals surface area contributed by atoms with Crippen molar-refractivity contribution < 1.29 is 22.8 Å². The molecule has 2 aromatic rings. The second-order valence-corrected chi connectivity index (χ2v) is 20.5. The van der Waals surface area contributed by atoms with Gasteiger partial charge in [0.25, 0.3) is 0 Å². The lowest BCUT2D eigenvalue weighted by Gasteiger charge is -2.51. The maximum Gasteiger partial charge on any atom is 0.351 e. The van der Waals surface area contributed by atoms with Gasteiger partial charge in [-0.25, -0.2) is 4.79 Å². The topological polar surface area (TPSA) is 104 Å². The molecule has 2 saturated heterocycles. The Morgan fingerprint density at radius 1 is 0.947 bits per heavy atom. The average Bonchev–Trinajstić information content (AvgIpc) is 3.13. The largest absolute Gasteiger partial charge is 0.414 e. The van der Waals surface area contributed by atoms with Gasteiger partial charge in [0, 0.05) is 11.9 Å². The molecular formula is C27H43N3O6Si2. The number of nitrogens with zero attached hydrogens (tertiary/aromatic N) is 2. The second kappa shape index (κ2) is 11.3. The van der Waals surface area contributed by atoms with E-state index in [0.717, 1.165) is 5.69 Å². The predicted molar refractivity (Wildman–Crippen MR) is 152 cm³/mol. The summed E-state index contributed by atoms with van der Waals surface area (Å²) in [6.07, 6.45) is -1.66. The zero-order valence-electron chi connectivity index (χ0n) is 23.8. The number of benzene rings is 1. The summed E-state index contributed by atoms with van der Waals surface area (Å²) in [5.41, 5.74) is 0.938. The Hall–Kier alpha value is -1.87. The third kappa shape index (κ3) is 5.29. The predicted octanol–water partition coefficient (Wildman–Crippen LogP) is 5.20. The van der Waals surface area contributed by atoms with Crippen LogP contribution in [0.2, 0.25) is 22.2 Å². The van der Waals surface area contributed by atoms with Gasteiger partial charge in [-0.1, -0.05) is 73.6 Å². The minimum atomic E-state index is -2.92. The van der Waals surface area contributed by atoms with Crippen molar-refractivity contribution in [3.63, 3.8) is 0 Å². The van der Waals surface area contributed by atoms with Crippen LogP contribution in [0.3, 0.4) is 0 Å². The van der Waals surface area contributed by atoms with E-state index in [4.69, 9.17) is 17.7 Å². The molecule has 2 fully saturated rings. The van der Waals surface area contributed by atoms with Crippen LogP contribution in [0.5, 0.6) is 0 Å². The lowest BCUT2D eigenvalue weighted by atomic mass is 10.1. The lowest BCUT2D eigenvalue weighted by Crippen LogP contribution is -2.65. The van der Waals surface area contributed by atoms with Gasteiger partial charge in [0.15, 0.2) is 6.23 Å². The summed E-state index contributed by atoms with van der Waals surface area (Å²) in [6.45, 7) is 17.4. The highest BCUT2D eigenvalue weighted by atomic mass is 28.5. The van der Waals surface area contributed by atoms with Crippen LogP contribution in [0.25, 0.3) is 0 Å². The summed E-state index contributed by atoms with van der Waals surface area (Å²) < 4.78 is 28.5. The van der Waals surface area contributed by atoms with Crippen molar-refractivity contribution >= 4 is 28.6 Å². The first-order valence-corrected chi connectivity index (χ1v) is 17.6. The number of anilines is 2. The fourth-order valence-corrected chi connectivity index (χ4v) is 16.9. The van der Waals surface area contributed by atoms with E-state index in [1.807, 2.05) is 30.3 Å². The van der Waals surface area contributed by atoms with Gasteiger partial charge in [-0.05, 0) is 40.4 Å². The first kappa shape index (κ1) is 29.1. The fraction of sp³-hybridized carbons (Fsp3) is 0.630. The molecule has 11 heteroatoms. The lowest BCUT2D eigenvalue weighted by molar-refractivity contribution is -0.0600. The molecule has 4 atom stereocenters. The second-order valence-electron chi connectivity index (χ2n) is 11.6. The Morgan fingerprint density at radius 2 is 1.55 bits per heavy atom. The normalized spacial score (nSPS) is 27.0. The van der Waals surface area contributed by atoms with Crippen molar-refractivity contribution in [2.75, 3.05) is 11.9 Å². The van der Waals surface area contributed by atoms with Crippen molar-refractivity contribution in [3.05, 3.63) is 53.1 Å². The molecule has 0 radical (unpaired) electrons. The van der Waals surface area contributed by atoms with Crippen LogP contribution < -0.4 is 11.0 Å². The number of nitrogens with one attached hydrogen (secondary N) is 1. The van der Waals surface area contributed by atoms with Gasteiger partial charge in [0.1, 0.15) is 24.1 Å². The Morgan fingerprint density at radius 3 is 2.11 bits per heavy atom. The number of ether oxygens (including phenoxy) is 1. The van der Waals surface area contributed by atoms with Crippen LogP contribution in [-0.4, -0.2) is 56.7 Å². The highest BCUT2D eigenvalue weighted by molar-refractivity contribution is 6.84. The number of aliphatic hydroxyl groups excluding tert-OH is 1. The number of rotatable bonds is 7. The van der Waals surface area contributed by atoms with E-state index in [2.05, 4.69) is 65.7 Å². The van der Waals surface area contributed by atoms with E-state index in [1.165, 1.54) is 4.57 Å². The van der Waals surface area contributed by atoms with Gasteiger partial charge in [-0.3, -0.25) is 4.57 Å². The van der Waals surface area contributed by atoms with Gasteiger partial charge in [-0.2, -0.15) is 4.98 Å². The summed E-state index contributed by atoms with van der Waals surface area (Å²) >= 11 is 0. The number of aliphatic hydroxyl groups is 1. The van der Waals surface area contributed by atoms with Gasteiger partial charge in [-0.15, -0.1) is 0 Å². The molecule has 38 heavy (non-hydrogen) atoms. The number of fused-ring (bicyclic) bond motifs is 1. The molecule has 0 amide bonds. The third-order valence-corrected chi connectivity index (χ3v) is 18.0. The molecular weight excluding hydrogens is 518 g/mol. The highest BCUT2D eigenvalue weighted by Gasteiger charge is 2.61. The molecule has 210 valence electrons. The third-order valence-electron chi connectivity index (χ3n) is 7.79. The Kier molecular flexibility index (Phi) is 8.68. The molecule has 0 aliphatic carbocycles. The Balaban J connectivity index is 1.67. The molecule has 2 aliphatic heterocycles. The molecule has 4 rings (SSSR count). The highest BCUT2D eigenvalue weighted by Crippen LogP contribution is 2.48. The van der Waals surface area contributed by atoms with Gasteiger partial charge in [0.05, 0.1) is 6.61 Å². The minimum Gasteiger partial charge on any atom is -0.414 e. The van der Waals surface area contributed by atoms with Gasteiger partial charge < -0.3 is 28.1 Å². The first-order chi connectivity index (χ1) is 17.9. The smallest absolute Gasteiger partial charge is 0.351 e. The first-order valence-electron chi connectivity index (χ1n) is 13.7. The summed E-state index contributed by atoms with van der Waals surface area (Å²) in [6, 6.07) is 11.2. The van der Waals surface area contributed by atoms with E-state index in [9.17, 15) is 9.90 Å². The molecule has 2 aliphatic rings. The Bertz CT molecular complexity index is 1130. The van der Waals surface area contributed by atoms with E-state index in [0.29, 0.717) is 5.82 Å². The number of hydrogen-bond donors (Lipinski definition) is 2. The van der Waals surface area contributed by atoms with Crippen LogP contribution in [-0.2, 0) is 17.7 Å². The van der Waals surface area contributed by atoms with E-state index >= 15 is 0 Å². The van der Waals surface area contributed by atoms with Crippen molar-refractivity contribution in [2.45, 2.75) is 102 Å². The average molecular weight is 562 g/mol. The molecule has 3 heterocycles. The SMILES string of the molecule is CC(C)[Si]1(C(C)C)OC[C@@H]2O[C@@H](n3ccc(Nc4ccccc4)nc3=O)C(O)[C@H]2O[Si](C(C)C)(C(C)C)O1. The monoisotopic (exact) mass is 561 g/mol. The van der Waals surface area contributed by atoms with Gasteiger partial charge in [0.2, 0.25) is 0 Å². The van der Waals surface area contributed by atoms with Crippen LogP contribution >= 0.6 is 0 Å². The van der Waals surface area contributed by atoms with Crippen LogP contribution in [0.1, 0.15) is 61.6 Å². The fourth-order valence-electron chi connectivity index (χ4n) is 5.71. The molecule has 9 nitrogen and oxygen atoms in total. The Labute approximate surface area is 228 Å². The number of para-hydroxylation sites is 1. The minimum absolute atomic E-state index is 0.119. The maximum absolute atomic E-state index is 13.1. The summed E-state index contributed by atoms with van der Waals surface area (Å²) in [7, 11) is -5.65. The summed E-state index contributed by atoms with van der Waals surface area (Å²) in [4.78, 5) is 17.2. The molecule has 1 unspecified atom stereocenters. The van der Waals surface area contributed by atoms with Crippen LogP contribution in [0, 0.1) is 0 Å². The summed E-state index contributed by atoms with van der Waals surface area (Å²) in [5.74, 6) is 0.416. The zero-order valence-corrected chi connectivity index (χ0v) is 25.8. The quantitative estimate of drug-likeness (QED) is 0.445. The van der Waals surface area contributed by atoms with E-state index in [1.54, 1.807) is 12.3 Å². The zero-order chi connectivity index (χ0) is 27.8. The molecule has 1 aromatic carbocycles. The molecule has 2 N–H and O–H groups in total. The van der Waals surface area contributed by atoms with E-state index < -0.39 is 47.4 Å². The molecule has 0 saturated carbocycles. The van der Waals surface area contributed by atoms with Crippen LogP contribution in [0.4, 0.5) is 11.5 Å². The van der Waals surface area contributed by atoms with Crippen molar-refractivity contribution in [1.82, 2.24) is 9.55 Å². The van der Waals surface area contributed by atoms with E-state index in [-0.39, 0.29) is 28.8 Å². The molecule has 1 aromatic heterocycles. The van der Waals surface area contributed by atoms with Crippen molar-refractivity contribution in [1.29, 1.82) is 0 Å². The molecule has 0 spiro atoms.